The van der Waals surface area contributed by atoms with Gasteiger partial charge in [0.05, 0.1) is 5.54 Å². The Morgan fingerprint density at radius 3 is 2.47 bits per heavy atom. The van der Waals surface area contributed by atoms with Gasteiger partial charge in [-0.25, -0.2) is 0 Å². The van der Waals surface area contributed by atoms with Gasteiger partial charge < -0.3 is 16.3 Å². The smallest absolute Gasteiger partial charge is 0.223 e. The lowest BCUT2D eigenvalue weighted by molar-refractivity contribution is -0.125. The van der Waals surface area contributed by atoms with E-state index in [1.165, 1.54) is 0 Å². The van der Waals surface area contributed by atoms with Crippen molar-refractivity contribution in [2.24, 2.45) is 16.8 Å². The summed E-state index contributed by atoms with van der Waals surface area (Å²) in [6, 6.07) is 0. The number of rotatable bonds is 3. The second-order valence-corrected chi connectivity index (χ2v) is 4.58. The summed E-state index contributed by atoms with van der Waals surface area (Å²) in [5.74, 6) is 0.119. The van der Waals surface area contributed by atoms with Crippen LogP contribution >= 0.6 is 0 Å². The molecule has 5 nitrogen and oxygen atoms in total. The molecule has 0 aliphatic heterocycles. The molecule has 1 fully saturated rings. The zero-order valence-electron chi connectivity index (χ0n) is 9.29. The lowest BCUT2D eigenvalue weighted by Gasteiger charge is -2.26. The molecule has 4 N–H and O–H groups in total. The van der Waals surface area contributed by atoms with Gasteiger partial charge in [0.2, 0.25) is 5.91 Å². The Morgan fingerprint density at radius 1 is 1.47 bits per heavy atom. The Morgan fingerprint density at radius 2 is 2.00 bits per heavy atom. The highest BCUT2D eigenvalue weighted by Crippen LogP contribution is 2.25. The summed E-state index contributed by atoms with van der Waals surface area (Å²) in [4.78, 5) is 11.8. The van der Waals surface area contributed by atoms with Gasteiger partial charge in [0.15, 0.2) is 5.84 Å². The maximum Gasteiger partial charge on any atom is 0.223 e. The molecule has 1 amide bonds. The zero-order chi connectivity index (χ0) is 11.5. The lowest BCUT2D eigenvalue weighted by Crippen LogP contribution is -2.54. The van der Waals surface area contributed by atoms with Crippen molar-refractivity contribution in [1.29, 1.82) is 0 Å². The molecule has 86 valence electrons. The number of carbonyl (C=O) groups is 1. The largest absolute Gasteiger partial charge is 0.409 e. The fraction of sp³-hybridized carbons (Fsp3) is 0.800. The first-order valence-corrected chi connectivity index (χ1v) is 5.27. The van der Waals surface area contributed by atoms with Crippen LogP contribution in [0.2, 0.25) is 0 Å². The van der Waals surface area contributed by atoms with E-state index in [9.17, 15) is 4.79 Å². The van der Waals surface area contributed by atoms with E-state index in [0.717, 1.165) is 25.7 Å². The highest BCUT2D eigenvalue weighted by molar-refractivity contribution is 5.93. The SMILES string of the molecule is CC(C)(NC(=O)C1CCCC1)/C(N)=N/O. The molecule has 15 heavy (non-hydrogen) atoms. The Labute approximate surface area is 89.7 Å². The second-order valence-electron chi connectivity index (χ2n) is 4.58. The highest BCUT2D eigenvalue weighted by Gasteiger charge is 2.30. The van der Waals surface area contributed by atoms with E-state index in [4.69, 9.17) is 10.9 Å². The van der Waals surface area contributed by atoms with E-state index in [2.05, 4.69) is 10.5 Å². The van der Waals surface area contributed by atoms with Crippen LogP contribution in [0.4, 0.5) is 0 Å². The molecule has 0 saturated heterocycles. The maximum atomic E-state index is 11.8. The van der Waals surface area contributed by atoms with Gasteiger partial charge in [-0.3, -0.25) is 4.79 Å². The summed E-state index contributed by atoms with van der Waals surface area (Å²) >= 11 is 0. The van der Waals surface area contributed by atoms with E-state index in [-0.39, 0.29) is 17.7 Å². The first kappa shape index (κ1) is 11.8. The minimum atomic E-state index is -0.783. The topological polar surface area (TPSA) is 87.7 Å². The highest BCUT2D eigenvalue weighted by atomic mass is 16.4. The van der Waals surface area contributed by atoms with Gasteiger partial charge in [-0.15, -0.1) is 0 Å². The van der Waals surface area contributed by atoms with Gasteiger partial charge in [0.25, 0.3) is 0 Å². The molecule has 0 spiro atoms. The Kier molecular flexibility index (Phi) is 3.55. The van der Waals surface area contributed by atoms with Crippen LogP contribution < -0.4 is 11.1 Å². The molecule has 1 aliphatic carbocycles. The van der Waals surface area contributed by atoms with Gasteiger partial charge in [-0.1, -0.05) is 18.0 Å². The number of amidine groups is 1. The van der Waals surface area contributed by atoms with Gasteiger partial charge in [0, 0.05) is 5.92 Å². The van der Waals surface area contributed by atoms with Crippen LogP contribution in [0.1, 0.15) is 39.5 Å². The first-order chi connectivity index (χ1) is 6.97. The zero-order valence-corrected chi connectivity index (χ0v) is 9.29. The minimum Gasteiger partial charge on any atom is -0.409 e. The number of nitrogens with zero attached hydrogens (tertiary/aromatic N) is 1. The summed E-state index contributed by atoms with van der Waals surface area (Å²) in [5.41, 5.74) is 4.70. The standard InChI is InChI=1S/C10H19N3O2/c1-10(2,9(11)13-15)12-8(14)7-5-3-4-6-7/h7,15H,3-6H2,1-2H3,(H2,11,13)(H,12,14). The van der Waals surface area contributed by atoms with Crippen molar-refractivity contribution >= 4 is 11.7 Å². The van der Waals surface area contributed by atoms with Crippen LogP contribution in [0, 0.1) is 5.92 Å². The molecule has 0 heterocycles. The molecular weight excluding hydrogens is 194 g/mol. The number of nitrogens with one attached hydrogen (secondary N) is 1. The average Bonchev–Trinajstić information content (AvgIpc) is 2.68. The van der Waals surface area contributed by atoms with Crippen LogP contribution in [-0.4, -0.2) is 22.5 Å². The normalized spacial score (nSPS) is 19.2. The van der Waals surface area contributed by atoms with Crippen molar-refractivity contribution in [3.8, 4) is 0 Å². The van der Waals surface area contributed by atoms with Gasteiger partial charge in [-0.05, 0) is 26.7 Å². The third kappa shape index (κ3) is 2.84. The van der Waals surface area contributed by atoms with E-state index in [1.54, 1.807) is 13.8 Å². The minimum absolute atomic E-state index is 0.00380. The molecule has 1 aliphatic rings. The van der Waals surface area contributed by atoms with Crippen molar-refractivity contribution in [2.75, 3.05) is 0 Å². The van der Waals surface area contributed by atoms with Crippen molar-refractivity contribution in [3.05, 3.63) is 0 Å². The summed E-state index contributed by atoms with van der Waals surface area (Å²) in [6.07, 6.45) is 4.11. The Hall–Kier alpha value is -1.26. The van der Waals surface area contributed by atoms with Crippen LogP contribution in [0.25, 0.3) is 0 Å². The van der Waals surface area contributed by atoms with Gasteiger partial charge in [-0.2, -0.15) is 0 Å². The van der Waals surface area contributed by atoms with Gasteiger partial charge >= 0.3 is 0 Å². The van der Waals surface area contributed by atoms with Crippen molar-refractivity contribution in [3.63, 3.8) is 0 Å². The predicted octanol–water partition coefficient (Wildman–Crippen LogP) is 0.818. The molecular formula is C10H19N3O2. The third-order valence-corrected chi connectivity index (χ3v) is 2.91. The number of carbonyl (C=O) groups excluding carboxylic acids is 1. The van der Waals surface area contributed by atoms with E-state index in [0.29, 0.717) is 0 Å². The molecule has 5 heteroatoms. The van der Waals surface area contributed by atoms with Crippen molar-refractivity contribution < 1.29 is 10.0 Å². The summed E-state index contributed by atoms with van der Waals surface area (Å²) in [6.45, 7) is 3.43. The molecule has 0 aromatic rings. The van der Waals surface area contributed by atoms with Gasteiger partial charge in [0.1, 0.15) is 0 Å². The summed E-state index contributed by atoms with van der Waals surface area (Å²) < 4.78 is 0. The number of hydrogen-bond donors (Lipinski definition) is 3. The van der Waals surface area contributed by atoms with E-state index >= 15 is 0 Å². The molecule has 1 rings (SSSR count). The molecule has 0 bridgehead atoms. The third-order valence-electron chi connectivity index (χ3n) is 2.91. The Bertz CT molecular complexity index is 268. The fourth-order valence-electron chi connectivity index (χ4n) is 1.79. The average molecular weight is 213 g/mol. The monoisotopic (exact) mass is 213 g/mol. The van der Waals surface area contributed by atoms with Crippen molar-refractivity contribution in [1.82, 2.24) is 5.32 Å². The maximum absolute atomic E-state index is 11.8. The second kappa shape index (κ2) is 4.51. The van der Waals surface area contributed by atoms with E-state index < -0.39 is 5.54 Å². The number of amides is 1. The molecule has 1 saturated carbocycles. The molecule has 0 atom stereocenters. The van der Waals surface area contributed by atoms with Crippen LogP contribution in [0.3, 0.4) is 0 Å². The molecule has 0 aromatic heterocycles. The quantitative estimate of drug-likeness (QED) is 0.281. The summed E-state index contributed by atoms with van der Waals surface area (Å²) in [5, 5.41) is 14.3. The fourth-order valence-corrected chi connectivity index (χ4v) is 1.79. The van der Waals surface area contributed by atoms with Crippen LogP contribution in [-0.2, 0) is 4.79 Å². The van der Waals surface area contributed by atoms with Crippen LogP contribution in [0.5, 0.6) is 0 Å². The first-order valence-electron chi connectivity index (χ1n) is 5.27. The molecule has 0 radical (unpaired) electrons. The van der Waals surface area contributed by atoms with Crippen LogP contribution in [0.15, 0.2) is 5.16 Å². The number of nitrogens with two attached hydrogens (primary N) is 1. The number of hydrogen-bond acceptors (Lipinski definition) is 3. The molecule has 0 unspecified atom stereocenters. The summed E-state index contributed by atoms with van der Waals surface area (Å²) in [7, 11) is 0. The Balaban J connectivity index is 2.56. The predicted molar refractivity (Wildman–Crippen MR) is 57.6 cm³/mol. The lowest BCUT2D eigenvalue weighted by atomic mass is 10.0. The van der Waals surface area contributed by atoms with E-state index in [1.807, 2.05) is 0 Å². The number of oxime groups is 1. The van der Waals surface area contributed by atoms with Crippen molar-refractivity contribution in [2.45, 2.75) is 45.1 Å². The molecule has 0 aromatic carbocycles.